The Hall–Kier alpha value is -0.510. The molecule has 0 aliphatic carbocycles. The molecule has 0 radical (unpaired) electrons. The van der Waals surface area contributed by atoms with Crippen molar-refractivity contribution in [1.82, 2.24) is 4.90 Å². The predicted molar refractivity (Wildman–Crippen MR) is 83.4 cm³/mol. The number of imide groups is 1. The Labute approximate surface area is 122 Å². The molecule has 0 N–H and O–H groups in total. The fourth-order valence-corrected chi connectivity index (χ4v) is 2.61. The third kappa shape index (κ3) is 7.61. The number of hydrogen-bond acceptors (Lipinski definition) is 3. The summed E-state index contributed by atoms with van der Waals surface area (Å²) in [4.78, 5) is 23.1. The largest absolute Gasteiger partial charge is 0.285 e. The lowest BCUT2D eigenvalue weighted by atomic mass is 10.1. The number of carbonyl (C=O) groups is 2. The summed E-state index contributed by atoms with van der Waals surface area (Å²) in [5.41, 5.74) is 0. The lowest BCUT2D eigenvalue weighted by Gasteiger charge is -2.04. The fourth-order valence-electron chi connectivity index (χ4n) is 1.94. The summed E-state index contributed by atoms with van der Waals surface area (Å²) in [6.07, 6.45) is 12.2. The van der Waals surface area contributed by atoms with Crippen LogP contribution in [0.2, 0.25) is 0 Å². The molecule has 1 atom stereocenters. The summed E-state index contributed by atoms with van der Waals surface area (Å²) >= 11 is 1.44. The first-order valence-electron chi connectivity index (χ1n) is 7.41. The zero-order valence-corrected chi connectivity index (χ0v) is 13.7. The zero-order valence-electron chi connectivity index (χ0n) is 12.9. The highest BCUT2D eigenvalue weighted by Gasteiger charge is 2.34. The molecule has 1 saturated heterocycles. The Balaban J connectivity index is 0.000000344. The van der Waals surface area contributed by atoms with E-state index < -0.39 is 0 Å². The van der Waals surface area contributed by atoms with Gasteiger partial charge in [0.15, 0.2) is 0 Å². The minimum atomic E-state index is -0.127. The van der Waals surface area contributed by atoms with Crippen LogP contribution < -0.4 is 0 Å². The summed E-state index contributed by atoms with van der Waals surface area (Å²) in [5.74, 6) is -0.123. The third-order valence-corrected chi connectivity index (χ3v) is 4.27. The molecule has 0 aromatic rings. The number of amides is 2. The Bertz CT molecular complexity index is 263. The standard InChI is InChI=1S/C9H20.C6H9NO2S/c1-3-5-7-9-8-6-4-2;1-7-5(8)3-4(10-2)6(7)9/h3-9H2,1-2H3;4H,3H2,1-2H3. The average molecular weight is 287 g/mol. The number of thioether (sulfide) groups is 1. The molecule has 0 bridgehead atoms. The highest BCUT2D eigenvalue weighted by molar-refractivity contribution is 8.00. The highest BCUT2D eigenvalue weighted by atomic mass is 32.2. The second-order valence-corrected chi connectivity index (χ2v) is 6.03. The molecule has 1 unspecified atom stereocenters. The van der Waals surface area contributed by atoms with Gasteiger partial charge in [-0.25, -0.2) is 0 Å². The van der Waals surface area contributed by atoms with E-state index in [1.807, 2.05) is 6.26 Å². The third-order valence-electron chi connectivity index (χ3n) is 3.33. The van der Waals surface area contributed by atoms with Crippen LogP contribution in [0.5, 0.6) is 0 Å². The van der Waals surface area contributed by atoms with E-state index in [0.29, 0.717) is 6.42 Å². The number of unbranched alkanes of at least 4 members (excludes halogenated alkanes) is 6. The van der Waals surface area contributed by atoms with Crippen LogP contribution in [0.1, 0.15) is 65.2 Å². The maximum atomic E-state index is 11.0. The number of hydrogen-bond donors (Lipinski definition) is 0. The molecule has 0 spiro atoms. The van der Waals surface area contributed by atoms with E-state index in [1.165, 1.54) is 68.7 Å². The van der Waals surface area contributed by atoms with Gasteiger partial charge in [0.05, 0.1) is 5.25 Å². The van der Waals surface area contributed by atoms with Gasteiger partial charge in [0, 0.05) is 13.5 Å². The molecule has 4 heteroatoms. The first-order valence-corrected chi connectivity index (χ1v) is 8.70. The van der Waals surface area contributed by atoms with Crippen LogP contribution in [0.15, 0.2) is 0 Å². The molecule has 1 aliphatic heterocycles. The summed E-state index contributed by atoms with van der Waals surface area (Å²) < 4.78 is 0. The summed E-state index contributed by atoms with van der Waals surface area (Å²) in [5, 5.41) is -0.127. The summed E-state index contributed by atoms with van der Waals surface area (Å²) in [6.45, 7) is 4.53. The minimum absolute atomic E-state index is 0.0579. The minimum Gasteiger partial charge on any atom is -0.285 e. The van der Waals surface area contributed by atoms with Gasteiger partial charge in [-0.3, -0.25) is 14.5 Å². The molecular formula is C15H29NO2S. The van der Waals surface area contributed by atoms with E-state index in [1.54, 1.807) is 0 Å². The van der Waals surface area contributed by atoms with Gasteiger partial charge < -0.3 is 0 Å². The van der Waals surface area contributed by atoms with Crippen molar-refractivity contribution in [2.75, 3.05) is 13.3 Å². The van der Waals surface area contributed by atoms with Crippen molar-refractivity contribution in [3.63, 3.8) is 0 Å². The molecule has 1 aliphatic rings. The van der Waals surface area contributed by atoms with Crippen LogP contribution in [0.4, 0.5) is 0 Å². The molecule has 0 aromatic heterocycles. The van der Waals surface area contributed by atoms with E-state index in [4.69, 9.17) is 0 Å². The number of nitrogens with zero attached hydrogens (tertiary/aromatic N) is 1. The predicted octanol–water partition coefficient (Wildman–Crippen LogP) is 3.86. The van der Waals surface area contributed by atoms with Gasteiger partial charge in [-0.1, -0.05) is 58.8 Å². The van der Waals surface area contributed by atoms with Gasteiger partial charge in [0.1, 0.15) is 0 Å². The van der Waals surface area contributed by atoms with Crippen LogP contribution in [-0.4, -0.2) is 35.3 Å². The van der Waals surface area contributed by atoms with E-state index in [9.17, 15) is 9.59 Å². The Morgan fingerprint density at radius 1 is 1.05 bits per heavy atom. The first kappa shape index (κ1) is 18.5. The maximum Gasteiger partial charge on any atom is 0.242 e. The smallest absolute Gasteiger partial charge is 0.242 e. The highest BCUT2D eigenvalue weighted by Crippen LogP contribution is 2.21. The number of likely N-dealkylation sites (tertiary alicyclic amines) is 1. The van der Waals surface area contributed by atoms with Gasteiger partial charge in [0.2, 0.25) is 11.8 Å². The van der Waals surface area contributed by atoms with Crippen molar-refractivity contribution < 1.29 is 9.59 Å². The number of rotatable bonds is 7. The quantitative estimate of drug-likeness (QED) is 0.527. The summed E-state index contributed by atoms with van der Waals surface area (Å²) in [7, 11) is 1.53. The molecule has 1 rings (SSSR count). The SMILES string of the molecule is CCCCCCCCC.CSC1CC(=O)N(C)C1=O. The van der Waals surface area contributed by atoms with Crippen LogP contribution in [0.3, 0.4) is 0 Å². The summed E-state index contributed by atoms with van der Waals surface area (Å²) in [6, 6.07) is 0. The molecule has 1 fully saturated rings. The fraction of sp³-hybridized carbons (Fsp3) is 0.867. The van der Waals surface area contributed by atoms with Gasteiger partial charge in [-0.05, 0) is 6.26 Å². The van der Waals surface area contributed by atoms with E-state index in [2.05, 4.69) is 13.8 Å². The van der Waals surface area contributed by atoms with Crippen molar-refractivity contribution in [3.8, 4) is 0 Å². The monoisotopic (exact) mass is 287 g/mol. The van der Waals surface area contributed by atoms with E-state index >= 15 is 0 Å². The Morgan fingerprint density at radius 2 is 1.53 bits per heavy atom. The van der Waals surface area contributed by atoms with Crippen molar-refractivity contribution in [2.24, 2.45) is 0 Å². The van der Waals surface area contributed by atoms with Crippen molar-refractivity contribution in [3.05, 3.63) is 0 Å². The second-order valence-electron chi connectivity index (χ2n) is 4.99. The van der Waals surface area contributed by atoms with Crippen molar-refractivity contribution >= 4 is 23.6 Å². The van der Waals surface area contributed by atoms with Crippen molar-refractivity contribution in [1.29, 1.82) is 0 Å². The normalized spacial score (nSPS) is 18.5. The molecular weight excluding hydrogens is 258 g/mol. The van der Waals surface area contributed by atoms with Gasteiger partial charge in [-0.15, -0.1) is 0 Å². The van der Waals surface area contributed by atoms with Gasteiger partial charge in [-0.2, -0.15) is 11.8 Å². The molecule has 0 saturated carbocycles. The molecule has 1 heterocycles. The Kier molecular flexibility index (Phi) is 11.0. The van der Waals surface area contributed by atoms with Crippen LogP contribution >= 0.6 is 11.8 Å². The molecule has 19 heavy (non-hydrogen) atoms. The van der Waals surface area contributed by atoms with E-state index in [0.717, 1.165) is 0 Å². The molecule has 2 amide bonds. The topological polar surface area (TPSA) is 37.4 Å². The lowest BCUT2D eigenvalue weighted by molar-refractivity contribution is -0.136. The zero-order chi connectivity index (χ0) is 14.7. The van der Waals surface area contributed by atoms with Crippen LogP contribution in [0.25, 0.3) is 0 Å². The molecule has 112 valence electrons. The maximum absolute atomic E-state index is 11.0. The molecule has 0 aromatic carbocycles. The first-order chi connectivity index (χ1) is 9.08. The second kappa shape index (κ2) is 11.3. The van der Waals surface area contributed by atoms with Gasteiger partial charge in [0.25, 0.3) is 0 Å². The van der Waals surface area contributed by atoms with Gasteiger partial charge >= 0.3 is 0 Å². The number of carbonyl (C=O) groups excluding carboxylic acids is 2. The van der Waals surface area contributed by atoms with E-state index in [-0.39, 0.29) is 17.1 Å². The van der Waals surface area contributed by atoms with Crippen molar-refractivity contribution in [2.45, 2.75) is 70.5 Å². The van der Waals surface area contributed by atoms with Crippen LogP contribution in [-0.2, 0) is 9.59 Å². The average Bonchev–Trinajstić information content (AvgIpc) is 2.67. The van der Waals surface area contributed by atoms with Crippen LogP contribution in [0, 0.1) is 0 Å². The molecule has 3 nitrogen and oxygen atoms in total. The Morgan fingerprint density at radius 3 is 1.79 bits per heavy atom. The lowest BCUT2D eigenvalue weighted by Crippen LogP contribution is -2.26.